The minimum absolute atomic E-state index is 0.0561. The number of aryl methyl sites for hydroxylation is 1. The van der Waals surface area contributed by atoms with Crippen molar-refractivity contribution < 1.29 is 19.1 Å². The number of hydrogen-bond acceptors (Lipinski definition) is 8. The van der Waals surface area contributed by atoms with Gasteiger partial charge in [-0.2, -0.15) is 23.5 Å². The molecule has 0 aromatic carbocycles. The van der Waals surface area contributed by atoms with Crippen LogP contribution in [0.3, 0.4) is 0 Å². The van der Waals surface area contributed by atoms with Gasteiger partial charge in [0, 0.05) is 36.6 Å². The van der Waals surface area contributed by atoms with Crippen LogP contribution in [0.2, 0.25) is 0 Å². The quantitative estimate of drug-likeness (QED) is 0.207. The molecule has 3 N–H and O–H groups in total. The first-order valence-electron chi connectivity index (χ1n) is 12.4. The zero-order valence-electron chi connectivity index (χ0n) is 21.1. The third kappa shape index (κ3) is 7.99. The fourth-order valence-corrected chi connectivity index (χ4v) is 6.73. The average molecular weight is 529 g/mol. The van der Waals surface area contributed by atoms with Crippen LogP contribution >= 0.6 is 23.5 Å². The van der Waals surface area contributed by atoms with E-state index in [9.17, 15) is 9.59 Å². The Morgan fingerprint density at radius 1 is 1.26 bits per heavy atom. The summed E-state index contributed by atoms with van der Waals surface area (Å²) >= 11 is 3.71. The van der Waals surface area contributed by atoms with E-state index in [1.807, 2.05) is 18.0 Å². The highest BCUT2D eigenvalue weighted by Crippen LogP contribution is 2.47. The Bertz CT molecular complexity index is 828. The van der Waals surface area contributed by atoms with Crippen LogP contribution in [0.4, 0.5) is 4.79 Å². The van der Waals surface area contributed by atoms with E-state index in [2.05, 4.69) is 46.4 Å². The molecule has 1 aromatic rings. The molecule has 198 valence electrons. The largest absolute Gasteiger partial charge is 0.377 e. The lowest BCUT2D eigenvalue weighted by atomic mass is 9.79. The van der Waals surface area contributed by atoms with Crippen molar-refractivity contribution in [2.24, 2.45) is 0 Å². The predicted molar refractivity (Wildman–Crippen MR) is 140 cm³/mol. The number of urea groups is 1. The number of fused-ring (bicyclic) bond motifs is 1. The summed E-state index contributed by atoms with van der Waals surface area (Å²) in [5.41, 5.74) is 0.582. The molecule has 3 heterocycles. The molecule has 2 aliphatic heterocycles. The number of unbranched alkanes of at least 4 members (excludes halogenated alkanes) is 1. The first-order valence-corrected chi connectivity index (χ1v) is 14.8. The van der Waals surface area contributed by atoms with Gasteiger partial charge in [0.05, 0.1) is 49.7 Å². The van der Waals surface area contributed by atoms with Crippen LogP contribution in [-0.4, -0.2) is 94.0 Å². The molecule has 3 amide bonds. The minimum atomic E-state index is -0.231. The first-order chi connectivity index (χ1) is 16.9. The zero-order valence-corrected chi connectivity index (χ0v) is 22.8. The van der Waals surface area contributed by atoms with Crippen LogP contribution in [0.15, 0.2) is 6.20 Å². The summed E-state index contributed by atoms with van der Waals surface area (Å²) < 4.78 is 12.9. The maximum atomic E-state index is 12.1. The third-order valence-corrected chi connectivity index (χ3v) is 9.27. The van der Waals surface area contributed by atoms with Crippen molar-refractivity contribution in [1.29, 1.82) is 0 Å². The highest BCUT2D eigenvalue weighted by atomic mass is 32.2. The Hall–Kier alpha value is -1.50. The Balaban J connectivity index is 1.13. The summed E-state index contributed by atoms with van der Waals surface area (Å²) in [7, 11) is 0. The number of carbonyl (C=O) groups is 2. The number of ether oxygens (including phenoxy) is 2. The van der Waals surface area contributed by atoms with Crippen molar-refractivity contribution in [1.82, 2.24) is 30.9 Å². The summed E-state index contributed by atoms with van der Waals surface area (Å²) in [6.45, 7) is 7.46. The van der Waals surface area contributed by atoms with Gasteiger partial charge in [-0.25, -0.2) is 9.48 Å². The third-order valence-electron chi connectivity index (χ3n) is 6.80. The van der Waals surface area contributed by atoms with Gasteiger partial charge >= 0.3 is 6.03 Å². The van der Waals surface area contributed by atoms with Crippen LogP contribution in [-0.2, 0) is 27.2 Å². The second-order valence-electron chi connectivity index (χ2n) is 9.45. The summed E-state index contributed by atoms with van der Waals surface area (Å²) in [6, 6.07) is -0.0733. The maximum absolute atomic E-state index is 12.1. The smallest absolute Gasteiger partial charge is 0.315 e. The molecule has 0 radical (unpaired) electrons. The Labute approximate surface area is 216 Å². The van der Waals surface area contributed by atoms with Crippen LogP contribution in [0.5, 0.6) is 0 Å². The van der Waals surface area contributed by atoms with E-state index in [-0.39, 0.29) is 23.0 Å². The lowest BCUT2D eigenvalue weighted by molar-refractivity contribution is -0.121. The normalized spacial score (nSPS) is 25.3. The van der Waals surface area contributed by atoms with Crippen LogP contribution < -0.4 is 16.0 Å². The molecular weight excluding hydrogens is 488 g/mol. The van der Waals surface area contributed by atoms with E-state index in [0.717, 1.165) is 42.9 Å². The van der Waals surface area contributed by atoms with Crippen molar-refractivity contribution in [2.45, 2.75) is 68.8 Å². The summed E-state index contributed by atoms with van der Waals surface area (Å²) in [5.74, 6) is 2.02. The lowest BCUT2D eigenvalue weighted by Crippen LogP contribution is -2.58. The molecule has 0 saturated carbocycles. The monoisotopic (exact) mass is 528 g/mol. The number of rotatable bonds is 17. The summed E-state index contributed by atoms with van der Waals surface area (Å²) in [6.07, 6.45) is 8.30. The van der Waals surface area contributed by atoms with Crippen molar-refractivity contribution in [3.05, 3.63) is 11.9 Å². The topological polar surface area (TPSA) is 119 Å². The Morgan fingerprint density at radius 2 is 2.06 bits per heavy atom. The molecule has 3 rings (SSSR count). The number of amides is 3. The van der Waals surface area contributed by atoms with E-state index in [4.69, 9.17) is 9.47 Å². The van der Waals surface area contributed by atoms with Gasteiger partial charge in [-0.15, -0.1) is 5.10 Å². The zero-order chi connectivity index (χ0) is 25.2. The number of aromatic nitrogens is 3. The molecule has 2 aliphatic rings. The van der Waals surface area contributed by atoms with Crippen molar-refractivity contribution in [3.63, 3.8) is 0 Å². The molecule has 1 aromatic heterocycles. The molecule has 0 aliphatic carbocycles. The number of carbonyl (C=O) groups excluding carboxylic acids is 2. The van der Waals surface area contributed by atoms with Gasteiger partial charge < -0.3 is 25.4 Å². The van der Waals surface area contributed by atoms with Crippen LogP contribution in [0.25, 0.3) is 0 Å². The molecule has 0 spiro atoms. The maximum Gasteiger partial charge on any atom is 0.315 e. The second-order valence-corrected chi connectivity index (χ2v) is 11.6. The standard InChI is InChI=1S/C23H40N6O4S2/c1-22-17-35-19(23(22,2)26-21(31)25-22)6-4-5-7-20(30)24-9-11-32-13-14-33-12-10-29-16-18(27-28-29)8-15-34-3/h16,19H,4-15,17H2,1-3H3,(H,24,30)(H2,25,26,31)/t19-,22-,23+/m0/s1. The number of nitrogens with zero attached hydrogens (tertiary/aromatic N) is 3. The summed E-state index contributed by atoms with van der Waals surface area (Å²) in [5, 5.41) is 17.7. The predicted octanol–water partition coefficient (Wildman–Crippen LogP) is 1.84. The molecule has 0 unspecified atom stereocenters. The van der Waals surface area contributed by atoms with Crippen molar-refractivity contribution in [3.8, 4) is 0 Å². The van der Waals surface area contributed by atoms with Gasteiger partial charge in [0.15, 0.2) is 0 Å². The fraction of sp³-hybridized carbons (Fsp3) is 0.826. The van der Waals surface area contributed by atoms with Gasteiger partial charge in [0.25, 0.3) is 0 Å². The second kappa shape index (κ2) is 13.7. The Morgan fingerprint density at radius 3 is 2.86 bits per heavy atom. The fourth-order valence-electron chi connectivity index (χ4n) is 4.43. The first kappa shape index (κ1) is 28.1. The number of nitrogens with one attached hydrogen (secondary N) is 3. The van der Waals surface area contributed by atoms with Crippen LogP contribution in [0.1, 0.15) is 45.2 Å². The van der Waals surface area contributed by atoms with Crippen molar-refractivity contribution in [2.75, 3.05) is 50.7 Å². The molecule has 0 bridgehead atoms. The van der Waals surface area contributed by atoms with Gasteiger partial charge in [0.2, 0.25) is 5.91 Å². The van der Waals surface area contributed by atoms with E-state index < -0.39 is 0 Å². The highest BCUT2D eigenvalue weighted by Gasteiger charge is 2.60. The molecule has 3 atom stereocenters. The van der Waals surface area contributed by atoms with Gasteiger partial charge in [-0.1, -0.05) is 11.6 Å². The average Bonchev–Trinajstić information content (AvgIpc) is 3.43. The molecular formula is C23H40N6O4S2. The molecule has 35 heavy (non-hydrogen) atoms. The Kier molecular flexibility index (Phi) is 11.0. The number of thioether (sulfide) groups is 2. The van der Waals surface area contributed by atoms with Crippen molar-refractivity contribution >= 4 is 35.5 Å². The highest BCUT2D eigenvalue weighted by molar-refractivity contribution is 8.00. The lowest BCUT2D eigenvalue weighted by Gasteiger charge is -2.35. The van der Waals surface area contributed by atoms with Gasteiger partial charge in [-0.05, 0) is 38.7 Å². The molecule has 2 saturated heterocycles. The SMILES string of the molecule is CSCCc1cn(CCOCCOCCNC(=O)CCCC[C@@H]2SC[C@]3(C)NC(=O)N[C@]23C)nn1. The van der Waals surface area contributed by atoms with E-state index in [1.54, 1.807) is 16.4 Å². The number of hydrogen-bond donors (Lipinski definition) is 3. The summed E-state index contributed by atoms with van der Waals surface area (Å²) in [4.78, 5) is 23.9. The molecule has 10 nitrogen and oxygen atoms in total. The van der Waals surface area contributed by atoms with Gasteiger partial charge in [-0.3, -0.25) is 4.79 Å². The van der Waals surface area contributed by atoms with E-state index in [1.165, 1.54) is 0 Å². The van der Waals surface area contributed by atoms with E-state index in [0.29, 0.717) is 51.2 Å². The molecule has 12 heteroatoms. The minimum Gasteiger partial charge on any atom is -0.377 e. The van der Waals surface area contributed by atoms with Crippen LogP contribution in [0, 0.1) is 0 Å². The molecule has 2 fully saturated rings. The van der Waals surface area contributed by atoms with E-state index >= 15 is 0 Å². The van der Waals surface area contributed by atoms with Gasteiger partial charge in [0.1, 0.15) is 0 Å².